The molecule has 0 radical (unpaired) electrons. The molecule has 1 N–H and O–H groups in total. The molecule has 0 aromatic carbocycles. The molecule has 0 spiro atoms. The van der Waals surface area contributed by atoms with Gasteiger partial charge in [-0.1, -0.05) is 9.24 Å². The number of halogens is 8. The number of ether oxygens (including phenoxy) is 1. The fourth-order valence-electron chi connectivity index (χ4n) is 0.538. The van der Waals surface area contributed by atoms with E-state index in [1.165, 1.54) is 0 Å². The number of alkyl halides is 6. The molecule has 102 valence electrons. The number of aliphatic hydroxyl groups excluding tert-OH is 1. The molecule has 0 saturated carbocycles. The van der Waals surface area contributed by atoms with E-state index in [0.717, 1.165) is 9.24 Å². The Labute approximate surface area is 91.4 Å². The quantitative estimate of drug-likeness (QED) is 0.479. The van der Waals surface area contributed by atoms with Crippen molar-refractivity contribution in [2.24, 2.45) is 0 Å². The van der Waals surface area contributed by atoms with Gasteiger partial charge in [0.15, 0.2) is 5.57 Å². The van der Waals surface area contributed by atoms with Crippen LogP contribution in [0.25, 0.3) is 0 Å². The monoisotopic (exact) mass is 292 g/mol. The van der Waals surface area contributed by atoms with E-state index in [0.29, 0.717) is 0 Å². The molecule has 11 heteroatoms. The first-order valence-corrected chi connectivity index (χ1v) is 4.21. The van der Waals surface area contributed by atoms with Gasteiger partial charge in [0.05, 0.1) is 0 Å². The molecule has 0 aliphatic heterocycles. The van der Waals surface area contributed by atoms with Crippen molar-refractivity contribution in [1.82, 2.24) is 0 Å². The van der Waals surface area contributed by atoms with Crippen molar-refractivity contribution in [3.63, 3.8) is 0 Å². The van der Waals surface area contributed by atoms with E-state index < -0.39 is 36.1 Å². The lowest BCUT2D eigenvalue weighted by atomic mass is 10.1. The Morgan fingerprint density at radius 1 is 1.06 bits per heavy atom. The van der Waals surface area contributed by atoms with Gasteiger partial charge in [0, 0.05) is 0 Å². The molecule has 17 heavy (non-hydrogen) atoms. The predicted molar refractivity (Wildman–Crippen MR) is 42.0 cm³/mol. The summed E-state index contributed by atoms with van der Waals surface area (Å²) in [4.78, 5) is 0. The fourth-order valence-corrected chi connectivity index (χ4v) is 0.597. The summed E-state index contributed by atoms with van der Waals surface area (Å²) in [6.45, 7) is -2.63. The van der Waals surface area contributed by atoms with Crippen molar-refractivity contribution in [2.75, 3.05) is 6.61 Å². The second-order valence-corrected chi connectivity index (χ2v) is 3.18. The van der Waals surface area contributed by atoms with Crippen LogP contribution in [0.15, 0.2) is 11.6 Å². The summed E-state index contributed by atoms with van der Waals surface area (Å²) >= 11 is 0. The van der Waals surface area contributed by atoms with Crippen LogP contribution in [-0.4, -0.2) is 29.7 Å². The maximum absolute atomic E-state index is 12.5. The Bertz CT molecular complexity index is 311. The topological polar surface area (TPSA) is 29.5 Å². The van der Waals surface area contributed by atoms with Crippen LogP contribution in [0.4, 0.5) is 35.1 Å². The summed E-state index contributed by atoms with van der Waals surface area (Å²) in [7, 11) is 0.857. The minimum atomic E-state index is -6.23. The van der Waals surface area contributed by atoms with Crippen molar-refractivity contribution >= 4 is 9.24 Å². The molecular weight excluding hydrogens is 287 g/mol. The molecule has 0 aliphatic rings. The van der Waals surface area contributed by atoms with Gasteiger partial charge in [-0.2, -0.15) is 30.7 Å². The van der Waals surface area contributed by atoms with E-state index in [-0.39, 0.29) is 0 Å². The van der Waals surface area contributed by atoms with Crippen molar-refractivity contribution < 1.29 is 45.0 Å². The molecule has 0 amide bonds. The number of hydrogen-bond acceptors (Lipinski definition) is 2. The van der Waals surface area contributed by atoms with Crippen LogP contribution >= 0.6 is 9.24 Å². The van der Waals surface area contributed by atoms with Gasteiger partial charge in [0.1, 0.15) is 6.61 Å². The van der Waals surface area contributed by atoms with E-state index in [1.54, 1.807) is 0 Å². The second kappa shape index (κ2) is 4.93. The van der Waals surface area contributed by atoms with Crippen molar-refractivity contribution in [3.05, 3.63) is 11.6 Å². The average molecular weight is 292 g/mol. The fraction of sp³-hybridized carbons (Fsp3) is 0.667. The Hall–Kier alpha value is -0.630. The molecular formula is C6H5F8O2P. The lowest BCUT2D eigenvalue weighted by molar-refractivity contribution is -0.395. The van der Waals surface area contributed by atoms with Crippen LogP contribution in [0.1, 0.15) is 0 Å². The summed E-state index contributed by atoms with van der Waals surface area (Å²) in [5.74, 6) is -11.8. The highest BCUT2D eigenvalue weighted by Crippen LogP contribution is 2.47. The molecule has 0 aliphatic carbocycles. The molecule has 0 rings (SSSR count). The van der Waals surface area contributed by atoms with Crippen LogP contribution in [0.5, 0.6) is 0 Å². The van der Waals surface area contributed by atoms with Crippen molar-refractivity contribution in [1.29, 1.82) is 0 Å². The Balaban J connectivity index is 5.25. The highest BCUT2D eigenvalue weighted by molar-refractivity contribution is 7.22. The summed E-state index contributed by atoms with van der Waals surface area (Å²) in [5.41, 5.74) is -2.12. The first-order valence-electron chi connectivity index (χ1n) is 3.63. The third-order valence-electron chi connectivity index (χ3n) is 1.43. The van der Waals surface area contributed by atoms with Gasteiger partial charge >= 0.3 is 24.0 Å². The van der Waals surface area contributed by atoms with E-state index in [4.69, 9.17) is 5.11 Å². The maximum atomic E-state index is 12.5. The van der Waals surface area contributed by atoms with Crippen molar-refractivity contribution in [3.8, 4) is 0 Å². The maximum Gasteiger partial charge on any atom is 0.472 e. The smallest absolute Gasteiger partial charge is 0.399 e. The van der Waals surface area contributed by atoms with E-state index in [1.807, 2.05) is 0 Å². The van der Waals surface area contributed by atoms with Gasteiger partial charge in [-0.3, -0.25) is 0 Å². The largest absolute Gasteiger partial charge is 0.472 e. The predicted octanol–water partition coefficient (Wildman–Crippen LogP) is 2.80. The molecule has 0 heterocycles. The summed E-state index contributed by atoms with van der Waals surface area (Å²) < 4.78 is 101. The average Bonchev–Trinajstić information content (AvgIpc) is 2.16. The molecule has 1 atom stereocenters. The third kappa shape index (κ3) is 3.19. The molecule has 1 unspecified atom stereocenters. The van der Waals surface area contributed by atoms with Gasteiger partial charge in [-0.25, -0.2) is 4.39 Å². The molecule has 0 fully saturated rings. The molecule has 0 saturated heterocycles. The minimum absolute atomic E-state index is 0.857. The van der Waals surface area contributed by atoms with Gasteiger partial charge < -0.3 is 9.84 Å². The zero-order valence-corrected chi connectivity index (χ0v) is 8.82. The molecule has 0 bridgehead atoms. The third-order valence-corrected chi connectivity index (χ3v) is 1.66. The van der Waals surface area contributed by atoms with Gasteiger partial charge in [-0.15, -0.1) is 0 Å². The Kier molecular flexibility index (Phi) is 4.75. The van der Waals surface area contributed by atoms with Crippen LogP contribution in [0.2, 0.25) is 0 Å². The normalized spacial score (nSPS) is 15.6. The molecule has 0 aromatic rings. The minimum Gasteiger partial charge on any atom is -0.399 e. The Morgan fingerprint density at radius 3 is 1.76 bits per heavy atom. The number of aliphatic hydroxyl groups is 1. The summed E-state index contributed by atoms with van der Waals surface area (Å²) in [6, 6.07) is -2.80. The SMILES string of the molecule is OCC(F)(F)C(F)(F)C(F)(F)O/C(F)=C(\F)P. The van der Waals surface area contributed by atoms with Gasteiger partial charge in [0.25, 0.3) is 0 Å². The van der Waals surface area contributed by atoms with Crippen LogP contribution in [0, 0.1) is 0 Å². The lowest BCUT2D eigenvalue weighted by Crippen LogP contribution is -2.56. The summed E-state index contributed by atoms with van der Waals surface area (Å²) in [6.07, 6.45) is -6.04. The first-order chi connectivity index (χ1) is 7.39. The number of rotatable bonds is 5. The highest BCUT2D eigenvalue weighted by Gasteiger charge is 2.74. The van der Waals surface area contributed by atoms with Gasteiger partial charge in [-0.05, 0) is 0 Å². The molecule has 0 aromatic heterocycles. The molecule has 2 nitrogen and oxygen atoms in total. The zero-order valence-electron chi connectivity index (χ0n) is 7.66. The lowest BCUT2D eigenvalue weighted by Gasteiger charge is -2.30. The Morgan fingerprint density at radius 2 is 1.47 bits per heavy atom. The van der Waals surface area contributed by atoms with Crippen LogP contribution < -0.4 is 0 Å². The van der Waals surface area contributed by atoms with Gasteiger partial charge in [0.2, 0.25) is 0 Å². The van der Waals surface area contributed by atoms with Crippen LogP contribution in [0.3, 0.4) is 0 Å². The summed E-state index contributed by atoms with van der Waals surface area (Å²) in [5, 5.41) is 7.83. The first kappa shape index (κ1) is 16.4. The van der Waals surface area contributed by atoms with Crippen molar-refractivity contribution in [2.45, 2.75) is 18.0 Å². The number of hydrogen-bond donors (Lipinski definition) is 1. The van der Waals surface area contributed by atoms with Crippen LogP contribution in [-0.2, 0) is 4.74 Å². The van der Waals surface area contributed by atoms with E-state index in [9.17, 15) is 35.1 Å². The zero-order chi connectivity index (χ0) is 14.1. The van der Waals surface area contributed by atoms with E-state index >= 15 is 0 Å². The van der Waals surface area contributed by atoms with E-state index in [2.05, 4.69) is 4.74 Å². The second-order valence-electron chi connectivity index (χ2n) is 2.68. The standard InChI is InChI=1S/C6H5F8O2P/c7-2(3(8)17)16-6(13,14)5(11,12)4(9,10)1-15/h15H,1,17H2/b3-2+. The highest BCUT2D eigenvalue weighted by atomic mass is 31.0.